The predicted molar refractivity (Wildman–Crippen MR) is 75.7 cm³/mol. The lowest BCUT2D eigenvalue weighted by molar-refractivity contribution is 0.274. The molecule has 98 valence electrons. The fraction of sp³-hybridized carbons (Fsp3) is 0.333. The van der Waals surface area contributed by atoms with Gasteiger partial charge >= 0.3 is 0 Å². The zero-order chi connectivity index (χ0) is 13.2. The summed E-state index contributed by atoms with van der Waals surface area (Å²) in [5.41, 5.74) is 3.74. The van der Waals surface area contributed by atoms with Crippen LogP contribution in [0.15, 0.2) is 30.3 Å². The summed E-state index contributed by atoms with van der Waals surface area (Å²) in [5.74, 6) is 1.81. The Morgan fingerprint density at radius 1 is 1.16 bits per heavy atom. The second kappa shape index (κ2) is 4.97. The smallest absolute Gasteiger partial charge is 0.134 e. The van der Waals surface area contributed by atoms with E-state index >= 15 is 0 Å². The van der Waals surface area contributed by atoms with Crippen LogP contribution < -0.4 is 5.32 Å². The molecule has 3 rings (SSSR count). The molecule has 2 aromatic rings. The highest BCUT2D eigenvalue weighted by molar-refractivity contribution is 5.47. The third-order valence-corrected chi connectivity index (χ3v) is 3.45. The molecule has 1 aliphatic rings. The van der Waals surface area contributed by atoms with Gasteiger partial charge in [0, 0.05) is 32.2 Å². The van der Waals surface area contributed by atoms with E-state index in [9.17, 15) is 0 Å². The molecule has 0 bridgehead atoms. The molecule has 1 aliphatic heterocycles. The molecule has 0 spiro atoms. The molecule has 4 nitrogen and oxygen atoms in total. The Labute approximate surface area is 113 Å². The highest BCUT2D eigenvalue weighted by Crippen LogP contribution is 2.27. The van der Waals surface area contributed by atoms with E-state index in [1.165, 1.54) is 11.1 Å². The van der Waals surface area contributed by atoms with Gasteiger partial charge in [0.15, 0.2) is 0 Å². The third-order valence-electron chi connectivity index (χ3n) is 3.45. The van der Waals surface area contributed by atoms with Gasteiger partial charge in [-0.1, -0.05) is 30.3 Å². The first-order valence-electron chi connectivity index (χ1n) is 6.56. The van der Waals surface area contributed by atoms with E-state index in [1.54, 1.807) is 0 Å². The van der Waals surface area contributed by atoms with Gasteiger partial charge in [0.1, 0.15) is 11.6 Å². The summed E-state index contributed by atoms with van der Waals surface area (Å²) in [7, 11) is 1.92. The van der Waals surface area contributed by atoms with Crippen molar-refractivity contribution >= 4 is 5.82 Å². The fourth-order valence-corrected chi connectivity index (χ4v) is 2.60. The van der Waals surface area contributed by atoms with Gasteiger partial charge in [-0.2, -0.15) is 0 Å². The molecule has 0 aliphatic carbocycles. The van der Waals surface area contributed by atoms with E-state index in [-0.39, 0.29) is 0 Å². The lowest BCUT2D eigenvalue weighted by Crippen LogP contribution is -2.15. The Kier molecular flexibility index (Phi) is 3.17. The molecule has 0 saturated carbocycles. The minimum absolute atomic E-state index is 0.838. The first-order chi connectivity index (χ1) is 9.26. The van der Waals surface area contributed by atoms with Crippen molar-refractivity contribution in [3.05, 3.63) is 53.0 Å². The number of benzene rings is 1. The van der Waals surface area contributed by atoms with Crippen molar-refractivity contribution in [2.24, 2.45) is 0 Å². The van der Waals surface area contributed by atoms with Crippen molar-refractivity contribution in [1.29, 1.82) is 0 Å². The maximum atomic E-state index is 4.56. The zero-order valence-corrected chi connectivity index (χ0v) is 11.3. The van der Waals surface area contributed by atoms with Crippen molar-refractivity contribution in [3.8, 4) is 0 Å². The Morgan fingerprint density at radius 3 is 2.68 bits per heavy atom. The lowest BCUT2D eigenvalue weighted by Gasteiger charge is -2.14. The van der Waals surface area contributed by atoms with E-state index in [0.29, 0.717) is 0 Å². The largest absolute Gasteiger partial charge is 0.373 e. The summed E-state index contributed by atoms with van der Waals surface area (Å²) in [4.78, 5) is 11.4. The summed E-state index contributed by atoms with van der Waals surface area (Å²) in [5, 5.41) is 3.17. The summed E-state index contributed by atoms with van der Waals surface area (Å²) in [6.45, 7) is 4.73. The normalized spacial score (nSPS) is 14.4. The van der Waals surface area contributed by atoms with Gasteiger partial charge in [0.2, 0.25) is 0 Å². The molecule has 1 N–H and O–H groups in total. The van der Waals surface area contributed by atoms with Crippen molar-refractivity contribution in [2.75, 3.05) is 12.4 Å². The molecule has 0 radical (unpaired) electrons. The monoisotopic (exact) mass is 254 g/mol. The summed E-state index contributed by atoms with van der Waals surface area (Å²) in [6.07, 6.45) is 0. The van der Waals surface area contributed by atoms with Crippen molar-refractivity contribution < 1.29 is 0 Å². The van der Waals surface area contributed by atoms with E-state index in [4.69, 9.17) is 0 Å². The van der Waals surface area contributed by atoms with Crippen molar-refractivity contribution in [1.82, 2.24) is 14.9 Å². The van der Waals surface area contributed by atoms with Crippen molar-refractivity contribution in [3.63, 3.8) is 0 Å². The van der Waals surface area contributed by atoms with Crippen LogP contribution in [0.25, 0.3) is 0 Å². The van der Waals surface area contributed by atoms with E-state index < -0.39 is 0 Å². The minimum atomic E-state index is 0.838. The van der Waals surface area contributed by atoms with Crippen LogP contribution in [0.4, 0.5) is 5.82 Å². The Morgan fingerprint density at radius 2 is 1.95 bits per heavy atom. The number of aromatic nitrogens is 2. The number of aryl methyl sites for hydroxylation is 1. The number of nitrogens with zero attached hydrogens (tertiary/aromatic N) is 3. The van der Waals surface area contributed by atoms with Crippen LogP contribution in [0.5, 0.6) is 0 Å². The van der Waals surface area contributed by atoms with Gasteiger partial charge in [0.25, 0.3) is 0 Å². The van der Waals surface area contributed by atoms with Crippen LogP contribution in [-0.2, 0) is 19.6 Å². The topological polar surface area (TPSA) is 41.1 Å². The van der Waals surface area contributed by atoms with Crippen LogP contribution in [0.2, 0.25) is 0 Å². The van der Waals surface area contributed by atoms with E-state index in [2.05, 4.69) is 50.5 Å². The molecule has 4 heteroatoms. The van der Waals surface area contributed by atoms with Crippen LogP contribution in [0.1, 0.15) is 22.6 Å². The average Bonchev–Trinajstić information content (AvgIpc) is 2.81. The first kappa shape index (κ1) is 12.1. The maximum absolute atomic E-state index is 4.56. The number of hydrogen-bond acceptors (Lipinski definition) is 4. The maximum Gasteiger partial charge on any atom is 0.134 e. The van der Waals surface area contributed by atoms with Crippen LogP contribution >= 0.6 is 0 Å². The van der Waals surface area contributed by atoms with Gasteiger partial charge in [0.05, 0.1) is 5.69 Å². The molecule has 2 heterocycles. The lowest BCUT2D eigenvalue weighted by atomic mass is 10.2. The molecular formula is C15H18N4. The molecule has 1 aromatic carbocycles. The standard InChI is InChI=1S/C15H18N4/c1-11-17-14-10-19(8-12-6-4-3-5-7-12)9-13(14)15(16-2)18-11/h3-7H,8-10H2,1-2H3,(H,16,17,18). The summed E-state index contributed by atoms with van der Waals surface area (Å²) in [6, 6.07) is 10.6. The predicted octanol–water partition coefficient (Wildman–Crippen LogP) is 2.34. The molecule has 0 unspecified atom stereocenters. The zero-order valence-electron chi connectivity index (χ0n) is 11.3. The Hall–Kier alpha value is -1.94. The number of rotatable bonds is 3. The highest BCUT2D eigenvalue weighted by atomic mass is 15.2. The molecule has 1 aromatic heterocycles. The second-order valence-corrected chi connectivity index (χ2v) is 4.93. The van der Waals surface area contributed by atoms with Crippen LogP contribution in [0.3, 0.4) is 0 Å². The molecule has 0 fully saturated rings. The number of fused-ring (bicyclic) bond motifs is 1. The molecule has 19 heavy (non-hydrogen) atoms. The highest BCUT2D eigenvalue weighted by Gasteiger charge is 2.24. The van der Waals surface area contributed by atoms with Crippen LogP contribution in [-0.4, -0.2) is 21.9 Å². The van der Waals surface area contributed by atoms with Crippen molar-refractivity contribution in [2.45, 2.75) is 26.6 Å². The van der Waals surface area contributed by atoms with E-state index in [1.807, 2.05) is 14.0 Å². The fourth-order valence-electron chi connectivity index (χ4n) is 2.60. The second-order valence-electron chi connectivity index (χ2n) is 4.93. The first-order valence-corrected chi connectivity index (χ1v) is 6.56. The van der Waals surface area contributed by atoms with Gasteiger partial charge in [-0.25, -0.2) is 9.97 Å². The average molecular weight is 254 g/mol. The van der Waals surface area contributed by atoms with Gasteiger partial charge in [-0.05, 0) is 12.5 Å². The van der Waals surface area contributed by atoms with E-state index in [0.717, 1.165) is 37.0 Å². The quantitative estimate of drug-likeness (QED) is 0.913. The molecule has 0 atom stereocenters. The summed E-state index contributed by atoms with van der Waals surface area (Å²) < 4.78 is 0. The number of anilines is 1. The van der Waals surface area contributed by atoms with Gasteiger partial charge < -0.3 is 5.32 Å². The SMILES string of the molecule is CNc1nc(C)nc2c1CN(Cc1ccccc1)C2. The molecule has 0 saturated heterocycles. The molecule has 0 amide bonds. The Bertz CT molecular complexity index is 580. The minimum Gasteiger partial charge on any atom is -0.373 e. The Balaban J connectivity index is 1.81. The number of hydrogen-bond donors (Lipinski definition) is 1. The molecular weight excluding hydrogens is 236 g/mol. The summed E-state index contributed by atoms with van der Waals surface area (Å²) >= 11 is 0. The number of nitrogens with one attached hydrogen (secondary N) is 1. The van der Waals surface area contributed by atoms with Crippen LogP contribution in [0, 0.1) is 6.92 Å². The third kappa shape index (κ3) is 2.44. The van der Waals surface area contributed by atoms with Gasteiger partial charge in [-0.3, -0.25) is 4.90 Å². The van der Waals surface area contributed by atoms with Gasteiger partial charge in [-0.15, -0.1) is 0 Å².